The van der Waals surface area contributed by atoms with Crippen molar-refractivity contribution < 1.29 is 0 Å². The van der Waals surface area contributed by atoms with Crippen molar-refractivity contribution in [1.82, 2.24) is 24.9 Å². The van der Waals surface area contributed by atoms with Crippen molar-refractivity contribution in [3.8, 4) is 113 Å². The van der Waals surface area contributed by atoms with E-state index in [9.17, 15) is 0 Å². The molecule has 2 aromatic heterocycles. The van der Waals surface area contributed by atoms with Gasteiger partial charge >= 0.3 is 0 Å². The van der Waals surface area contributed by atoms with Crippen LogP contribution in [0.5, 0.6) is 0 Å². The number of nitrogens with zero attached hydrogens (tertiary/aromatic N) is 5. The van der Waals surface area contributed by atoms with Crippen molar-refractivity contribution in [3.63, 3.8) is 0 Å². The molecule has 0 saturated heterocycles. The highest BCUT2D eigenvalue weighted by Crippen LogP contribution is 2.34. The molecule has 0 fully saturated rings. The van der Waals surface area contributed by atoms with E-state index in [-0.39, 0.29) is 0 Å². The SMILES string of the molecule is c1ccc(-c2cccc(-c3nc(-c4cccc(-c5ccccc5)c4)nc(-c4cccc(-c5cccc(-c6cccc(-c7nc(-c8ccccc8)cc(-c8ccccc8)n7)c6)c5)c4)n3)c2)cc1. The summed E-state index contributed by atoms with van der Waals surface area (Å²) in [6.45, 7) is 0. The van der Waals surface area contributed by atoms with Crippen molar-refractivity contribution in [2.75, 3.05) is 0 Å². The van der Waals surface area contributed by atoms with Crippen molar-refractivity contribution >= 4 is 0 Å². The summed E-state index contributed by atoms with van der Waals surface area (Å²) in [5.41, 5.74) is 16.3. The van der Waals surface area contributed by atoms with Gasteiger partial charge in [-0.15, -0.1) is 0 Å². The Labute approximate surface area is 384 Å². The molecule has 0 aliphatic heterocycles. The van der Waals surface area contributed by atoms with Gasteiger partial charge in [0.15, 0.2) is 23.3 Å². The Morgan fingerprint density at radius 2 is 0.364 bits per heavy atom. The van der Waals surface area contributed by atoms with Crippen molar-refractivity contribution in [3.05, 3.63) is 249 Å². The lowest BCUT2D eigenvalue weighted by Crippen LogP contribution is -2.00. The molecule has 11 rings (SSSR count). The summed E-state index contributed by atoms with van der Waals surface area (Å²) >= 11 is 0. The minimum Gasteiger partial charge on any atom is -0.228 e. The molecule has 5 nitrogen and oxygen atoms in total. The van der Waals surface area contributed by atoms with Gasteiger partial charge in [-0.3, -0.25) is 0 Å². The first kappa shape index (κ1) is 39.9. The van der Waals surface area contributed by atoms with E-state index >= 15 is 0 Å². The normalized spacial score (nSPS) is 11.0. The van der Waals surface area contributed by atoms with Crippen LogP contribution in [-0.4, -0.2) is 24.9 Å². The fourth-order valence-electron chi connectivity index (χ4n) is 8.34. The number of hydrogen-bond acceptors (Lipinski definition) is 5. The van der Waals surface area contributed by atoms with Gasteiger partial charge in [0.2, 0.25) is 0 Å². The lowest BCUT2D eigenvalue weighted by atomic mass is 9.96. The van der Waals surface area contributed by atoms with Crippen molar-refractivity contribution in [2.24, 2.45) is 0 Å². The average molecular weight is 844 g/mol. The third kappa shape index (κ3) is 8.57. The monoisotopic (exact) mass is 843 g/mol. The van der Waals surface area contributed by atoms with Crippen LogP contribution in [0.3, 0.4) is 0 Å². The van der Waals surface area contributed by atoms with Crippen LogP contribution in [-0.2, 0) is 0 Å². The summed E-state index contributed by atoms with van der Waals surface area (Å²) in [7, 11) is 0. The zero-order valence-electron chi connectivity index (χ0n) is 35.9. The average Bonchev–Trinajstić information content (AvgIpc) is 3.42. The fraction of sp³-hybridized carbons (Fsp3) is 0. The fourth-order valence-corrected chi connectivity index (χ4v) is 8.34. The molecule has 310 valence electrons. The van der Waals surface area contributed by atoms with E-state index in [1.54, 1.807) is 0 Å². The predicted octanol–water partition coefficient (Wildman–Crippen LogP) is 15.3. The van der Waals surface area contributed by atoms with Crippen LogP contribution in [0, 0.1) is 0 Å². The summed E-state index contributed by atoms with van der Waals surface area (Å²) in [6.07, 6.45) is 0. The first-order valence-electron chi connectivity index (χ1n) is 22.1. The van der Waals surface area contributed by atoms with Crippen molar-refractivity contribution in [2.45, 2.75) is 0 Å². The van der Waals surface area contributed by atoms with E-state index in [1.807, 2.05) is 48.5 Å². The van der Waals surface area contributed by atoms with Gasteiger partial charge in [0.05, 0.1) is 11.4 Å². The van der Waals surface area contributed by atoms with E-state index < -0.39 is 0 Å². The van der Waals surface area contributed by atoms with Gasteiger partial charge in [0.1, 0.15) is 0 Å². The van der Waals surface area contributed by atoms with E-state index in [2.05, 4.69) is 200 Å². The lowest BCUT2D eigenvalue weighted by molar-refractivity contribution is 1.07. The van der Waals surface area contributed by atoms with Gasteiger partial charge in [-0.1, -0.05) is 212 Å². The molecule has 0 amide bonds. The van der Waals surface area contributed by atoms with Crippen LogP contribution in [0.1, 0.15) is 0 Å². The quantitative estimate of drug-likeness (QED) is 0.137. The van der Waals surface area contributed by atoms with Crippen LogP contribution >= 0.6 is 0 Å². The molecule has 0 aliphatic carbocycles. The molecule has 9 aromatic carbocycles. The highest BCUT2D eigenvalue weighted by Gasteiger charge is 2.16. The van der Waals surface area contributed by atoms with Gasteiger partial charge in [0, 0.05) is 33.4 Å². The Balaban J connectivity index is 0.965. The predicted molar refractivity (Wildman–Crippen MR) is 270 cm³/mol. The third-order valence-corrected chi connectivity index (χ3v) is 11.7. The maximum absolute atomic E-state index is 5.17. The maximum Gasteiger partial charge on any atom is 0.164 e. The second-order valence-corrected chi connectivity index (χ2v) is 16.1. The third-order valence-electron chi connectivity index (χ3n) is 11.7. The summed E-state index contributed by atoms with van der Waals surface area (Å²) < 4.78 is 0. The Morgan fingerprint density at radius 3 is 0.667 bits per heavy atom. The minimum atomic E-state index is 0.600. The number of rotatable bonds is 10. The molecule has 66 heavy (non-hydrogen) atoms. The van der Waals surface area contributed by atoms with Crippen LogP contribution in [0.15, 0.2) is 249 Å². The summed E-state index contributed by atoms with van der Waals surface area (Å²) in [4.78, 5) is 25.7. The number of aromatic nitrogens is 5. The molecule has 11 aromatic rings. The molecular weight excluding hydrogens is 803 g/mol. The Bertz CT molecular complexity index is 3310. The van der Waals surface area contributed by atoms with Gasteiger partial charge in [-0.25, -0.2) is 24.9 Å². The zero-order valence-corrected chi connectivity index (χ0v) is 35.9. The van der Waals surface area contributed by atoms with Crippen LogP contribution in [0.25, 0.3) is 113 Å². The van der Waals surface area contributed by atoms with E-state index in [1.165, 1.54) is 0 Å². The number of hydrogen-bond donors (Lipinski definition) is 0. The molecule has 0 bridgehead atoms. The molecule has 5 heteroatoms. The second kappa shape index (κ2) is 18.0. The molecule has 2 heterocycles. The summed E-state index contributed by atoms with van der Waals surface area (Å²) in [5.74, 6) is 2.50. The molecule has 0 saturated carbocycles. The molecule has 0 radical (unpaired) electrons. The van der Waals surface area contributed by atoms with Crippen molar-refractivity contribution in [1.29, 1.82) is 0 Å². The van der Waals surface area contributed by atoms with Gasteiger partial charge in [-0.2, -0.15) is 0 Å². The highest BCUT2D eigenvalue weighted by atomic mass is 15.0. The first-order chi connectivity index (χ1) is 32.7. The van der Waals surface area contributed by atoms with Gasteiger partial charge < -0.3 is 0 Å². The smallest absolute Gasteiger partial charge is 0.164 e. The molecule has 0 N–H and O–H groups in total. The van der Waals surface area contributed by atoms with Gasteiger partial charge in [-0.05, 0) is 80.9 Å². The Kier molecular flexibility index (Phi) is 10.9. The molecular formula is C61H41N5. The van der Waals surface area contributed by atoms with E-state index in [4.69, 9.17) is 24.9 Å². The molecule has 0 unspecified atom stereocenters. The standard InChI is InChI=1S/C61H41N5/c1-5-18-42(19-6-1)46-26-14-33-53(37-46)59-64-60(54-34-15-27-47(38-54)43-20-7-2-8-21-43)66-61(65-59)55-35-17-31-51(40-55)49-29-13-28-48(36-49)50-30-16-32-52(39-50)58-62-56(44-22-9-3-10-23-44)41-57(63-58)45-24-11-4-12-25-45/h1-41H. The largest absolute Gasteiger partial charge is 0.228 e. The number of benzene rings is 9. The minimum absolute atomic E-state index is 0.600. The zero-order chi connectivity index (χ0) is 44.1. The Hall–Kier alpha value is -8.93. The van der Waals surface area contributed by atoms with Crippen LogP contribution in [0.2, 0.25) is 0 Å². The van der Waals surface area contributed by atoms with E-state index in [0.29, 0.717) is 23.3 Å². The molecule has 0 aliphatic rings. The molecule has 0 spiro atoms. The lowest BCUT2D eigenvalue weighted by Gasteiger charge is -2.12. The first-order valence-corrected chi connectivity index (χ1v) is 22.1. The highest BCUT2D eigenvalue weighted by molar-refractivity contribution is 5.80. The van der Waals surface area contributed by atoms with Crippen LogP contribution < -0.4 is 0 Å². The summed E-state index contributed by atoms with van der Waals surface area (Å²) in [5, 5.41) is 0. The maximum atomic E-state index is 5.17. The Morgan fingerprint density at radius 1 is 0.152 bits per heavy atom. The topological polar surface area (TPSA) is 64.5 Å². The van der Waals surface area contributed by atoms with Gasteiger partial charge in [0.25, 0.3) is 0 Å². The van der Waals surface area contributed by atoms with Crippen LogP contribution in [0.4, 0.5) is 0 Å². The van der Waals surface area contributed by atoms with E-state index in [0.717, 1.165) is 89.3 Å². The second-order valence-electron chi connectivity index (χ2n) is 16.1. The summed E-state index contributed by atoms with van der Waals surface area (Å²) in [6, 6.07) is 85.9. The molecule has 0 atom stereocenters.